The summed E-state index contributed by atoms with van der Waals surface area (Å²) in [6.07, 6.45) is 2.91. The van der Waals surface area contributed by atoms with Crippen molar-refractivity contribution in [1.29, 1.82) is 0 Å². The summed E-state index contributed by atoms with van der Waals surface area (Å²) < 4.78 is 17.3. The number of hydrogen-bond donors (Lipinski definition) is 2. The fraction of sp³-hybridized carbons (Fsp3) is 0.667. The van der Waals surface area contributed by atoms with E-state index in [1.165, 1.54) is 0 Å². The molecule has 1 aromatic rings. The molecule has 1 aliphatic heterocycles. The normalized spacial score (nSPS) is 22.7. The molecule has 0 aromatic heterocycles. The van der Waals surface area contributed by atoms with Crippen LogP contribution in [0.3, 0.4) is 0 Å². The lowest BCUT2D eigenvalue weighted by atomic mass is 10.0. The van der Waals surface area contributed by atoms with Gasteiger partial charge in [-0.15, -0.1) is 0 Å². The molecule has 0 saturated carbocycles. The van der Waals surface area contributed by atoms with E-state index in [4.69, 9.17) is 19.9 Å². The van der Waals surface area contributed by atoms with E-state index < -0.39 is 12.4 Å². The van der Waals surface area contributed by atoms with E-state index >= 15 is 0 Å². The number of ether oxygens (including phenoxy) is 3. The third-order valence-corrected chi connectivity index (χ3v) is 4.60. The molecule has 1 aromatic carbocycles. The summed E-state index contributed by atoms with van der Waals surface area (Å²) in [5.41, 5.74) is 7.51. The molecule has 0 aliphatic carbocycles. The van der Waals surface area contributed by atoms with Crippen LogP contribution in [0.4, 0.5) is 0 Å². The average Bonchev–Trinajstić information content (AvgIpc) is 2.60. The predicted octanol–water partition coefficient (Wildman–Crippen LogP) is 2.93. The minimum atomic E-state index is -0.511. The van der Waals surface area contributed by atoms with Gasteiger partial charge in [0.25, 0.3) is 0 Å². The third-order valence-electron chi connectivity index (χ3n) is 4.60. The topological polar surface area (TPSA) is 91.0 Å². The first kappa shape index (κ1) is 21.7. The Bertz CT molecular complexity index is 594. The van der Waals surface area contributed by atoms with Gasteiger partial charge in [-0.25, -0.2) is 0 Å². The summed E-state index contributed by atoms with van der Waals surface area (Å²) in [6, 6.07) is 5.94. The van der Waals surface area contributed by atoms with Gasteiger partial charge in [0, 0.05) is 12.0 Å². The van der Waals surface area contributed by atoms with E-state index in [2.05, 4.69) is 0 Å². The van der Waals surface area contributed by atoms with Gasteiger partial charge < -0.3 is 25.1 Å². The van der Waals surface area contributed by atoms with Crippen LogP contribution in [0.25, 0.3) is 0 Å². The van der Waals surface area contributed by atoms with Crippen molar-refractivity contribution in [2.45, 2.75) is 78.0 Å². The van der Waals surface area contributed by atoms with Gasteiger partial charge in [-0.2, -0.15) is 0 Å². The van der Waals surface area contributed by atoms with Gasteiger partial charge in [-0.1, -0.05) is 26.0 Å². The molecule has 1 fully saturated rings. The average molecular weight is 379 g/mol. The molecule has 6 nitrogen and oxygen atoms in total. The molecule has 3 atom stereocenters. The smallest absolute Gasteiger partial charge is 0.308 e. The molecule has 2 rings (SSSR count). The molecule has 1 saturated heterocycles. The minimum absolute atomic E-state index is 0.0614. The summed E-state index contributed by atoms with van der Waals surface area (Å²) in [7, 11) is 0. The Morgan fingerprint density at radius 3 is 2.78 bits per heavy atom. The Hall–Kier alpha value is -1.63. The van der Waals surface area contributed by atoms with Crippen molar-refractivity contribution in [3.05, 3.63) is 29.3 Å². The Morgan fingerprint density at radius 1 is 1.33 bits per heavy atom. The number of unbranched alkanes of at least 4 members (excludes halogenated alkanes) is 1. The number of benzene rings is 1. The number of aliphatic hydroxyl groups is 1. The summed E-state index contributed by atoms with van der Waals surface area (Å²) in [5.74, 6) is 0.219. The van der Waals surface area contributed by atoms with Crippen LogP contribution in [0, 0.1) is 5.92 Å². The molecule has 1 heterocycles. The number of rotatable bonds is 9. The second-order valence-corrected chi connectivity index (χ2v) is 7.57. The van der Waals surface area contributed by atoms with Gasteiger partial charge in [0.1, 0.15) is 12.4 Å². The lowest BCUT2D eigenvalue weighted by Gasteiger charge is -2.32. The lowest BCUT2D eigenvalue weighted by molar-refractivity contribution is -0.170. The first-order chi connectivity index (χ1) is 12.9. The lowest BCUT2D eigenvalue weighted by Crippen LogP contribution is -2.37. The fourth-order valence-corrected chi connectivity index (χ4v) is 3.06. The van der Waals surface area contributed by atoms with Crippen molar-refractivity contribution < 1.29 is 24.1 Å². The summed E-state index contributed by atoms with van der Waals surface area (Å²) >= 11 is 0. The van der Waals surface area contributed by atoms with Crippen molar-refractivity contribution >= 4 is 5.97 Å². The Morgan fingerprint density at radius 2 is 2.11 bits per heavy atom. The van der Waals surface area contributed by atoms with Crippen LogP contribution >= 0.6 is 0 Å². The van der Waals surface area contributed by atoms with Gasteiger partial charge in [-0.3, -0.25) is 4.79 Å². The summed E-state index contributed by atoms with van der Waals surface area (Å²) in [6.45, 7) is 6.36. The van der Waals surface area contributed by atoms with Crippen molar-refractivity contribution in [3.8, 4) is 5.75 Å². The molecule has 0 bridgehead atoms. The maximum atomic E-state index is 11.8. The number of carbonyl (C=O) groups is 1. The third kappa shape index (κ3) is 7.13. The van der Waals surface area contributed by atoms with Crippen molar-refractivity contribution in [2.24, 2.45) is 11.7 Å². The maximum Gasteiger partial charge on any atom is 0.308 e. The molecular weight excluding hydrogens is 346 g/mol. The van der Waals surface area contributed by atoms with E-state index in [-0.39, 0.29) is 24.6 Å². The van der Waals surface area contributed by atoms with Crippen molar-refractivity contribution in [2.75, 3.05) is 6.54 Å². The summed E-state index contributed by atoms with van der Waals surface area (Å²) in [4.78, 5) is 11.8. The Balaban J connectivity index is 2.12. The molecule has 1 aliphatic rings. The van der Waals surface area contributed by atoms with Crippen LogP contribution < -0.4 is 10.5 Å². The molecule has 3 unspecified atom stereocenters. The zero-order valence-electron chi connectivity index (χ0n) is 16.6. The number of carbonyl (C=O) groups excluding carboxylic acids is 1. The molecule has 152 valence electrons. The maximum absolute atomic E-state index is 11.8. The van der Waals surface area contributed by atoms with Gasteiger partial charge in [0.05, 0.1) is 18.1 Å². The van der Waals surface area contributed by atoms with Gasteiger partial charge >= 0.3 is 5.97 Å². The monoisotopic (exact) mass is 379 g/mol. The molecule has 0 amide bonds. The van der Waals surface area contributed by atoms with Crippen LogP contribution in [-0.2, 0) is 27.3 Å². The fourth-order valence-electron chi connectivity index (χ4n) is 3.06. The van der Waals surface area contributed by atoms with Gasteiger partial charge in [-0.05, 0) is 50.8 Å². The number of nitrogens with two attached hydrogens (primary N) is 1. The van der Waals surface area contributed by atoms with Crippen LogP contribution in [0.15, 0.2) is 18.2 Å². The first-order valence-corrected chi connectivity index (χ1v) is 9.87. The highest BCUT2D eigenvalue weighted by Gasteiger charge is 2.27. The molecule has 6 heteroatoms. The van der Waals surface area contributed by atoms with Crippen LogP contribution in [0.2, 0.25) is 0 Å². The highest BCUT2D eigenvalue weighted by molar-refractivity contribution is 5.71. The number of hydrogen-bond acceptors (Lipinski definition) is 6. The second-order valence-electron chi connectivity index (χ2n) is 7.57. The van der Waals surface area contributed by atoms with E-state index in [1.807, 2.05) is 25.1 Å². The van der Waals surface area contributed by atoms with Gasteiger partial charge in [0.2, 0.25) is 6.29 Å². The Labute approximate surface area is 162 Å². The second kappa shape index (κ2) is 10.6. The SMILES string of the molecule is CC1CC(O)CC(Oc2cc(CCCCN)ccc2COC(=O)C(C)C)O1. The highest BCUT2D eigenvalue weighted by Crippen LogP contribution is 2.28. The molecule has 3 N–H and O–H groups in total. The number of aryl methyl sites for hydroxylation is 1. The van der Waals surface area contributed by atoms with Crippen molar-refractivity contribution in [3.63, 3.8) is 0 Å². The standard InChI is InChI=1S/C21H33NO5/c1-14(2)21(24)25-13-17-8-7-16(6-4-5-9-22)11-19(17)27-20-12-18(23)10-15(3)26-20/h7-8,11,14-15,18,20,23H,4-6,9-10,12-13,22H2,1-3H3. The largest absolute Gasteiger partial charge is 0.464 e. The zero-order chi connectivity index (χ0) is 19.8. The van der Waals surface area contributed by atoms with Gasteiger partial charge in [0.15, 0.2) is 0 Å². The molecular formula is C21H33NO5. The molecule has 0 spiro atoms. The number of aliphatic hydroxyl groups excluding tert-OH is 1. The highest BCUT2D eigenvalue weighted by atomic mass is 16.7. The van der Waals surface area contributed by atoms with E-state index in [0.29, 0.717) is 25.1 Å². The Kier molecular flexibility index (Phi) is 8.54. The zero-order valence-corrected chi connectivity index (χ0v) is 16.6. The summed E-state index contributed by atoms with van der Waals surface area (Å²) in [5, 5.41) is 9.99. The van der Waals surface area contributed by atoms with Crippen molar-refractivity contribution in [1.82, 2.24) is 0 Å². The molecule has 27 heavy (non-hydrogen) atoms. The number of esters is 1. The van der Waals surface area contributed by atoms with E-state index in [9.17, 15) is 9.90 Å². The van der Waals surface area contributed by atoms with Crippen LogP contribution in [0.5, 0.6) is 5.75 Å². The van der Waals surface area contributed by atoms with E-state index in [0.717, 1.165) is 30.4 Å². The van der Waals surface area contributed by atoms with Crippen LogP contribution in [0.1, 0.15) is 57.6 Å². The predicted molar refractivity (Wildman–Crippen MR) is 103 cm³/mol. The quantitative estimate of drug-likeness (QED) is 0.506. The first-order valence-electron chi connectivity index (χ1n) is 9.87. The van der Waals surface area contributed by atoms with Crippen LogP contribution in [-0.4, -0.2) is 36.1 Å². The van der Waals surface area contributed by atoms with E-state index in [1.54, 1.807) is 13.8 Å². The minimum Gasteiger partial charge on any atom is -0.464 e. The molecule has 0 radical (unpaired) electrons.